The molecule has 1 atom stereocenters. The third-order valence-corrected chi connectivity index (χ3v) is 2.34. The number of phenols is 1. The highest BCUT2D eigenvalue weighted by atomic mass is 16.5. The predicted molar refractivity (Wildman–Crippen MR) is 67.5 cm³/mol. The van der Waals surface area contributed by atoms with Gasteiger partial charge in [0.2, 0.25) is 0 Å². The molecule has 0 radical (unpaired) electrons. The molecule has 0 fully saturated rings. The van der Waals surface area contributed by atoms with Gasteiger partial charge in [-0.25, -0.2) is 0 Å². The molecule has 1 rings (SSSR count). The molecule has 0 aromatic heterocycles. The third-order valence-electron chi connectivity index (χ3n) is 2.34. The number of nitrogens with one attached hydrogen (secondary N) is 1. The van der Waals surface area contributed by atoms with Gasteiger partial charge in [-0.1, -0.05) is 12.1 Å². The number of aliphatic hydroxyl groups is 1. The summed E-state index contributed by atoms with van der Waals surface area (Å²) in [5.41, 5.74) is 0. The number of hydrogen-bond acceptors (Lipinski definition) is 4. The fourth-order valence-electron chi connectivity index (χ4n) is 1.40. The minimum atomic E-state index is -0.348. The monoisotopic (exact) mass is 253 g/mol. The molecule has 100 valence electrons. The molecule has 1 aromatic rings. The molecule has 0 bridgehead atoms. The molecular formula is C13H19NO4. The van der Waals surface area contributed by atoms with Crippen molar-refractivity contribution in [1.29, 1.82) is 0 Å². The van der Waals surface area contributed by atoms with Gasteiger partial charge in [0, 0.05) is 6.54 Å². The van der Waals surface area contributed by atoms with Gasteiger partial charge in [0.15, 0.2) is 18.1 Å². The fraction of sp³-hybridized carbons (Fsp3) is 0.462. The Balaban J connectivity index is 2.19. The van der Waals surface area contributed by atoms with Gasteiger partial charge in [0.25, 0.3) is 5.91 Å². The van der Waals surface area contributed by atoms with E-state index in [0.29, 0.717) is 13.0 Å². The first-order chi connectivity index (χ1) is 8.59. The molecule has 1 unspecified atom stereocenters. The Hall–Kier alpha value is -1.75. The van der Waals surface area contributed by atoms with Crippen molar-refractivity contribution < 1.29 is 19.7 Å². The average Bonchev–Trinajstić information content (AvgIpc) is 2.33. The maximum absolute atomic E-state index is 11.4. The van der Waals surface area contributed by atoms with E-state index in [0.717, 1.165) is 6.42 Å². The van der Waals surface area contributed by atoms with Crippen molar-refractivity contribution in [2.75, 3.05) is 13.2 Å². The van der Waals surface area contributed by atoms with Gasteiger partial charge in [-0.05, 0) is 31.9 Å². The Morgan fingerprint density at radius 3 is 2.83 bits per heavy atom. The molecule has 0 heterocycles. The number of carbonyl (C=O) groups excluding carboxylic acids is 1. The fourth-order valence-corrected chi connectivity index (χ4v) is 1.40. The minimum Gasteiger partial charge on any atom is -0.504 e. The summed E-state index contributed by atoms with van der Waals surface area (Å²) >= 11 is 0. The molecule has 0 saturated heterocycles. The van der Waals surface area contributed by atoms with Crippen molar-refractivity contribution in [1.82, 2.24) is 5.32 Å². The summed E-state index contributed by atoms with van der Waals surface area (Å²) in [7, 11) is 0. The summed E-state index contributed by atoms with van der Waals surface area (Å²) in [5, 5.41) is 21.1. The standard InChI is InChI=1S/C13H19NO4/c1-10(15)5-4-8-14-13(17)9-18-12-7-3-2-6-11(12)16/h2-3,6-7,10,15-16H,4-5,8-9H2,1H3,(H,14,17). The number of benzene rings is 1. The van der Waals surface area contributed by atoms with Crippen LogP contribution in [0.25, 0.3) is 0 Å². The first-order valence-electron chi connectivity index (χ1n) is 5.95. The van der Waals surface area contributed by atoms with Gasteiger partial charge in [-0.3, -0.25) is 4.79 Å². The van der Waals surface area contributed by atoms with Crippen molar-refractivity contribution in [3.63, 3.8) is 0 Å². The summed E-state index contributed by atoms with van der Waals surface area (Å²) in [4.78, 5) is 11.4. The lowest BCUT2D eigenvalue weighted by molar-refractivity contribution is -0.123. The van der Waals surface area contributed by atoms with Crippen molar-refractivity contribution in [2.45, 2.75) is 25.9 Å². The Kier molecular flexibility index (Phi) is 6.00. The summed E-state index contributed by atoms with van der Waals surface area (Å²) in [6.07, 6.45) is 1.03. The average molecular weight is 253 g/mol. The molecular weight excluding hydrogens is 234 g/mol. The highest BCUT2D eigenvalue weighted by Crippen LogP contribution is 2.23. The van der Waals surface area contributed by atoms with Gasteiger partial charge >= 0.3 is 0 Å². The van der Waals surface area contributed by atoms with E-state index in [-0.39, 0.29) is 30.1 Å². The van der Waals surface area contributed by atoms with Gasteiger partial charge < -0.3 is 20.3 Å². The van der Waals surface area contributed by atoms with Crippen LogP contribution in [0.15, 0.2) is 24.3 Å². The van der Waals surface area contributed by atoms with Crippen LogP contribution in [0.1, 0.15) is 19.8 Å². The lowest BCUT2D eigenvalue weighted by Gasteiger charge is -2.09. The highest BCUT2D eigenvalue weighted by Gasteiger charge is 2.05. The molecule has 3 N–H and O–H groups in total. The van der Waals surface area contributed by atoms with Crippen LogP contribution in [-0.4, -0.2) is 35.4 Å². The predicted octanol–water partition coefficient (Wildman–Crippen LogP) is 1.05. The molecule has 0 spiro atoms. The normalized spacial score (nSPS) is 11.9. The second kappa shape index (κ2) is 7.55. The van der Waals surface area contributed by atoms with Crippen LogP contribution in [0.4, 0.5) is 0 Å². The van der Waals surface area contributed by atoms with Gasteiger partial charge in [-0.15, -0.1) is 0 Å². The Bertz CT molecular complexity index is 379. The SMILES string of the molecule is CC(O)CCCNC(=O)COc1ccccc1O. The van der Waals surface area contributed by atoms with E-state index >= 15 is 0 Å². The van der Waals surface area contributed by atoms with E-state index in [2.05, 4.69) is 5.32 Å². The van der Waals surface area contributed by atoms with E-state index in [1.165, 1.54) is 6.07 Å². The van der Waals surface area contributed by atoms with Crippen LogP contribution in [0, 0.1) is 0 Å². The number of ether oxygens (including phenoxy) is 1. The zero-order chi connectivity index (χ0) is 13.4. The summed E-state index contributed by atoms with van der Waals surface area (Å²) in [6, 6.07) is 6.49. The molecule has 1 aromatic carbocycles. The van der Waals surface area contributed by atoms with E-state index in [1.807, 2.05) is 0 Å². The summed E-state index contributed by atoms with van der Waals surface area (Å²) in [6.45, 7) is 2.09. The van der Waals surface area contributed by atoms with Crippen molar-refractivity contribution in [3.05, 3.63) is 24.3 Å². The molecule has 0 aliphatic heterocycles. The molecule has 18 heavy (non-hydrogen) atoms. The maximum Gasteiger partial charge on any atom is 0.257 e. The molecule has 5 heteroatoms. The van der Waals surface area contributed by atoms with Crippen molar-refractivity contribution >= 4 is 5.91 Å². The molecule has 0 aliphatic carbocycles. The second-order valence-corrected chi connectivity index (χ2v) is 4.10. The Labute approximate surface area is 106 Å². The first-order valence-corrected chi connectivity index (χ1v) is 5.95. The number of aliphatic hydroxyl groups excluding tert-OH is 1. The highest BCUT2D eigenvalue weighted by molar-refractivity contribution is 5.77. The Morgan fingerprint density at radius 2 is 2.17 bits per heavy atom. The molecule has 0 aliphatic rings. The van der Waals surface area contributed by atoms with Crippen LogP contribution in [0.5, 0.6) is 11.5 Å². The van der Waals surface area contributed by atoms with Crippen LogP contribution < -0.4 is 10.1 Å². The largest absolute Gasteiger partial charge is 0.504 e. The number of rotatable bonds is 7. The van der Waals surface area contributed by atoms with Gasteiger partial charge in [-0.2, -0.15) is 0 Å². The molecule has 1 amide bonds. The number of carbonyl (C=O) groups is 1. The van der Waals surface area contributed by atoms with Crippen LogP contribution in [0.2, 0.25) is 0 Å². The third kappa shape index (κ3) is 5.54. The number of amides is 1. The smallest absolute Gasteiger partial charge is 0.257 e. The number of phenolic OH excluding ortho intramolecular Hbond substituents is 1. The molecule has 0 saturated carbocycles. The Morgan fingerprint density at radius 1 is 1.44 bits per heavy atom. The van der Waals surface area contributed by atoms with E-state index < -0.39 is 0 Å². The number of para-hydroxylation sites is 2. The quantitative estimate of drug-likeness (QED) is 0.635. The minimum absolute atomic E-state index is 0.0133. The number of hydrogen-bond donors (Lipinski definition) is 3. The van der Waals surface area contributed by atoms with Crippen molar-refractivity contribution in [3.8, 4) is 11.5 Å². The van der Waals surface area contributed by atoms with Crippen LogP contribution in [-0.2, 0) is 4.79 Å². The van der Waals surface area contributed by atoms with E-state index in [9.17, 15) is 9.90 Å². The molecule has 5 nitrogen and oxygen atoms in total. The van der Waals surface area contributed by atoms with E-state index in [1.54, 1.807) is 25.1 Å². The van der Waals surface area contributed by atoms with Crippen LogP contribution >= 0.6 is 0 Å². The van der Waals surface area contributed by atoms with Gasteiger partial charge in [0.1, 0.15) is 0 Å². The summed E-state index contributed by atoms with van der Waals surface area (Å²) < 4.78 is 5.17. The van der Waals surface area contributed by atoms with Crippen LogP contribution in [0.3, 0.4) is 0 Å². The maximum atomic E-state index is 11.4. The lowest BCUT2D eigenvalue weighted by Crippen LogP contribution is -2.30. The zero-order valence-corrected chi connectivity index (χ0v) is 10.4. The van der Waals surface area contributed by atoms with E-state index in [4.69, 9.17) is 9.84 Å². The zero-order valence-electron chi connectivity index (χ0n) is 10.4. The summed E-state index contributed by atoms with van der Waals surface area (Å²) in [5.74, 6) is 0.0554. The first kappa shape index (κ1) is 14.3. The topological polar surface area (TPSA) is 78.8 Å². The van der Waals surface area contributed by atoms with Gasteiger partial charge in [0.05, 0.1) is 6.10 Å². The lowest BCUT2D eigenvalue weighted by atomic mass is 10.2. The van der Waals surface area contributed by atoms with Crippen molar-refractivity contribution in [2.24, 2.45) is 0 Å². The second-order valence-electron chi connectivity index (χ2n) is 4.10. The number of aromatic hydroxyl groups is 1.